The van der Waals surface area contributed by atoms with Gasteiger partial charge in [0.05, 0.1) is 24.8 Å². The molecule has 1 amide bonds. The van der Waals surface area contributed by atoms with Gasteiger partial charge in [0.25, 0.3) is 0 Å². The molecule has 0 aliphatic carbocycles. The molecular weight excluding hydrogens is 416 g/mol. The van der Waals surface area contributed by atoms with Crippen LogP contribution in [0.15, 0.2) is 24.3 Å². The largest absolute Gasteiger partial charge is 0.492 e. The minimum atomic E-state index is -0.170. The minimum Gasteiger partial charge on any atom is -0.492 e. The topological polar surface area (TPSA) is 79.5 Å². The number of nitriles is 1. The predicted octanol–water partition coefficient (Wildman–Crippen LogP) is 3.76. The van der Waals surface area contributed by atoms with E-state index in [1.54, 1.807) is 12.1 Å². The Kier molecular flexibility index (Phi) is 7.97. The van der Waals surface area contributed by atoms with Crippen molar-refractivity contribution in [1.82, 2.24) is 9.47 Å². The maximum Gasteiger partial charge on any atom is 0.239 e. The molecule has 1 saturated heterocycles. The normalized spacial score (nSPS) is 15.8. The maximum atomic E-state index is 12.7. The summed E-state index contributed by atoms with van der Waals surface area (Å²) in [4.78, 5) is 14.6. The Morgan fingerprint density at radius 3 is 2.77 bits per heavy atom. The Morgan fingerprint density at radius 1 is 1.39 bits per heavy atom. The summed E-state index contributed by atoms with van der Waals surface area (Å²) in [6, 6.07) is 9.42. The van der Waals surface area contributed by atoms with Crippen molar-refractivity contribution in [2.45, 2.75) is 39.3 Å². The smallest absolute Gasteiger partial charge is 0.239 e. The van der Waals surface area contributed by atoms with Crippen LogP contribution < -0.4 is 10.1 Å². The number of amides is 1. The standard InChI is InChI=1S/C23H29ClN4O3/c1-16-17(2)28(14-20-5-4-11-30-20)23(21(16)13-25)26-22(29)15-27(3)10-12-31-19-8-6-18(24)7-9-19/h6-9,20H,4-5,10-12,14-15H2,1-3H3,(H,26,29). The van der Waals surface area contributed by atoms with Gasteiger partial charge in [-0.25, -0.2) is 0 Å². The fourth-order valence-corrected chi connectivity index (χ4v) is 3.82. The van der Waals surface area contributed by atoms with Gasteiger partial charge < -0.3 is 19.4 Å². The lowest BCUT2D eigenvalue weighted by molar-refractivity contribution is -0.117. The van der Waals surface area contributed by atoms with Crippen LogP contribution in [-0.2, 0) is 16.1 Å². The number of anilines is 1. The van der Waals surface area contributed by atoms with Crippen LogP contribution in [0.3, 0.4) is 0 Å². The second-order valence-corrected chi connectivity index (χ2v) is 8.32. The van der Waals surface area contributed by atoms with E-state index < -0.39 is 0 Å². The number of aromatic nitrogens is 1. The lowest BCUT2D eigenvalue weighted by Crippen LogP contribution is -2.34. The van der Waals surface area contributed by atoms with E-state index in [9.17, 15) is 10.1 Å². The fourth-order valence-electron chi connectivity index (χ4n) is 3.70. The maximum absolute atomic E-state index is 12.7. The van der Waals surface area contributed by atoms with Gasteiger partial charge >= 0.3 is 0 Å². The predicted molar refractivity (Wildman–Crippen MR) is 121 cm³/mol. The van der Waals surface area contributed by atoms with E-state index in [1.165, 1.54) is 0 Å². The second-order valence-electron chi connectivity index (χ2n) is 7.88. The van der Waals surface area contributed by atoms with Crippen molar-refractivity contribution in [2.75, 3.05) is 38.7 Å². The summed E-state index contributed by atoms with van der Waals surface area (Å²) in [5.41, 5.74) is 2.38. The highest BCUT2D eigenvalue weighted by atomic mass is 35.5. The number of hydrogen-bond donors (Lipinski definition) is 1. The molecule has 1 N–H and O–H groups in total. The van der Waals surface area contributed by atoms with Crippen molar-refractivity contribution in [3.8, 4) is 11.8 Å². The first-order chi connectivity index (χ1) is 14.9. The van der Waals surface area contributed by atoms with E-state index in [2.05, 4.69) is 11.4 Å². The van der Waals surface area contributed by atoms with Crippen LogP contribution >= 0.6 is 11.6 Å². The number of carbonyl (C=O) groups excluding carboxylic acids is 1. The average Bonchev–Trinajstić information content (AvgIpc) is 3.32. The van der Waals surface area contributed by atoms with Gasteiger partial charge in [-0.2, -0.15) is 5.26 Å². The van der Waals surface area contributed by atoms with E-state index in [4.69, 9.17) is 21.1 Å². The first-order valence-corrected chi connectivity index (χ1v) is 10.8. The molecule has 0 bridgehead atoms. The van der Waals surface area contributed by atoms with Crippen LogP contribution in [0, 0.1) is 25.2 Å². The molecule has 1 aromatic heterocycles. The Hall–Kier alpha value is -2.53. The summed E-state index contributed by atoms with van der Waals surface area (Å²) < 4.78 is 13.5. The third kappa shape index (κ3) is 6.01. The van der Waals surface area contributed by atoms with Gasteiger partial charge in [-0.05, 0) is 63.6 Å². The number of likely N-dealkylation sites (N-methyl/N-ethyl adjacent to an activating group) is 1. The molecule has 0 radical (unpaired) electrons. The first kappa shape index (κ1) is 23.1. The number of ether oxygens (including phenoxy) is 2. The molecule has 0 spiro atoms. The molecule has 31 heavy (non-hydrogen) atoms. The average molecular weight is 445 g/mol. The van der Waals surface area contributed by atoms with E-state index >= 15 is 0 Å². The van der Waals surface area contributed by atoms with Crippen LogP contribution in [0.2, 0.25) is 5.02 Å². The number of rotatable bonds is 9. The zero-order chi connectivity index (χ0) is 22.4. The zero-order valence-corrected chi connectivity index (χ0v) is 19.0. The second kappa shape index (κ2) is 10.7. The van der Waals surface area contributed by atoms with Crippen molar-refractivity contribution >= 4 is 23.3 Å². The summed E-state index contributed by atoms with van der Waals surface area (Å²) in [5.74, 6) is 1.12. The number of carbonyl (C=O) groups is 1. The molecule has 2 heterocycles. The Morgan fingerprint density at radius 2 is 2.13 bits per heavy atom. The van der Waals surface area contributed by atoms with Crippen molar-refractivity contribution in [2.24, 2.45) is 0 Å². The van der Waals surface area contributed by atoms with Crippen molar-refractivity contribution < 1.29 is 14.3 Å². The zero-order valence-electron chi connectivity index (χ0n) is 18.3. The van der Waals surface area contributed by atoms with E-state index in [1.807, 2.05) is 42.5 Å². The summed E-state index contributed by atoms with van der Waals surface area (Å²) >= 11 is 5.87. The number of nitrogens with one attached hydrogen (secondary N) is 1. The van der Waals surface area contributed by atoms with Gasteiger partial charge in [0.2, 0.25) is 5.91 Å². The van der Waals surface area contributed by atoms with E-state index in [-0.39, 0.29) is 18.6 Å². The van der Waals surface area contributed by atoms with Crippen LogP contribution in [0.25, 0.3) is 0 Å². The van der Waals surface area contributed by atoms with Crippen LogP contribution in [0.4, 0.5) is 5.82 Å². The molecule has 1 fully saturated rings. The van der Waals surface area contributed by atoms with Crippen molar-refractivity contribution in [3.05, 3.63) is 46.1 Å². The third-order valence-electron chi connectivity index (χ3n) is 5.58. The number of hydrogen-bond acceptors (Lipinski definition) is 5. The van der Waals surface area contributed by atoms with E-state index in [0.29, 0.717) is 36.1 Å². The summed E-state index contributed by atoms with van der Waals surface area (Å²) in [6.45, 7) is 6.50. The monoisotopic (exact) mass is 444 g/mol. The molecule has 8 heteroatoms. The molecule has 0 saturated carbocycles. The highest BCUT2D eigenvalue weighted by Crippen LogP contribution is 2.28. The molecule has 166 valence electrons. The minimum absolute atomic E-state index is 0.111. The van der Waals surface area contributed by atoms with E-state index in [0.717, 1.165) is 36.5 Å². The van der Waals surface area contributed by atoms with Gasteiger partial charge in [0.1, 0.15) is 24.2 Å². The molecule has 1 aliphatic heterocycles. The number of benzene rings is 1. The summed E-state index contributed by atoms with van der Waals surface area (Å²) in [7, 11) is 1.86. The molecule has 1 aliphatic rings. The van der Waals surface area contributed by atoms with Gasteiger partial charge in [-0.15, -0.1) is 0 Å². The van der Waals surface area contributed by atoms with Gasteiger partial charge in [-0.1, -0.05) is 11.6 Å². The van der Waals surface area contributed by atoms with Crippen LogP contribution in [0.1, 0.15) is 29.7 Å². The molecule has 1 aromatic carbocycles. The summed E-state index contributed by atoms with van der Waals surface area (Å²) in [6.07, 6.45) is 2.14. The van der Waals surface area contributed by atoms with Gasteiger partial charge in [0, 0.05) is 23.9 Å². The van der Waals surface area contributed by atoms with Crippen LogP contribution in [0.5, 0.6) is 5.75 Å². The molecule has 2 aromatic rings. The highest BCUT2D eigenvalue weighted by molar-refractivity contribution is 6.30. The SMILES string of the molecule is Cc1c(C#N)c(NC(=O)CN(C)CCOc2ccc(Cl)cc2)n(CC2CCCO2)c1C. The lowest BCUT2D eigenvalue weighted by Gasteiger charge is -2.19. The van der Waals surface area contributed by atoms with Crippen molar-refractivity contribution in [3.63, 3.8) is 0 Å². The quantitative estimate of drug-likeness (QED) is 0.637. The fraction of sp³-hybridized carbons (Fsp3) is 0.478. The Balaban J connectivity index is 1.58. The molecule has 1 unspecified atom stereocenters. The Bertz CT molecular complexity index is 943. The van der Waals surface area contributed by atoms with Gasteiger partial charge in [-0.3, -0.25) is 9.69 Å². The summed E-state index contributed by atoms with van der Waals surface area (Å²) in [5, 5.41) is 13.3. The van der Waals surface area contributed by atoms with Crippen molar-refractivity contribution in [1.29, 1.82) is 5.26 Å². The highest BCUT2D eigenvalue weighted by Gasteiger charge is 2.24. The number of halogens is 1. The molecular formula is C23H29ClN4O3. The molecule has 3 rings (SSSR count). The first-order valence-electron chi connectivity index (χ1n) is 10.5. The third-order valence-corrected chi connectivity index (χ3v) is 5.83. The van der Waals surface area contributed by atoms with Crippen LogP contribution in [-0.4, -0.2) is 54.8 Å². The number of nitrogens with zero attached hydrogens (tertiary/aromatic N) is 3. The lowest BCUT2D eigenvalue weighted by atomic mass is 10.2. The molecule has 7 nitrogen and oxygen atoms in total. The Labute approximate surface area is 188 Å². The molecule has 1 atom stereocenters. The van der Waals surface area contributed by atoms with Gasteiger partial charge in [0.15, 0.2) is 0 Å².